The number of imide groups is 1. The molecule has 1 aromatic heterocycles. The van der Waals surface area contributed by atoms with Gasteiger partial charge in [0.15, 0.2) is 0 Å². The van der Waals surface area contributed by atoms with Crippen LogP contribution >= 0.6 is 0 Å². The first-order chi connectivity index (χ1) is 12.5. The third kappa shape index (κ3) is 3.48. The molecular formula is C16H16N4O6. The van der Waals surface area contributed by atoms with Gasteiger partial charge in [0.1, 0.15) is 25.0 Å². The van der Waals surface area contributed by atoms with Crippen LogP contribution in [0.2, 0.25) is 0 Å². The topological polar surface area (TPSA) is 143 Å². The van der Waals surface area contributed by atoms with Gasteiger partial charge in [0.05, 0.1) is 11.6 Å². The zero-order valence-corrected chi connectivity index (χ0v) is 13.6. The van der Waals surface area contributed by atoms with Crippen molar-refractivity contribution in [2.75, 3.05) is 13.2 Å². The molecule has 2 heterocycles. The molecule has 1 fully saturated rings. The summed E-state index contributed by atoms with van der Waals surface area (Å²) in [6, 6.07) is 4.03. The molecule has 3 rings (SSSR count). The SMILES string of the molecule is NC(=O)OCCOc1cccc2c(=O)n(C3CCC(=O)NC3=O)ncc12. The van der Waals surface area contributed by atoms with Gasteiger partial charge in [-0.05, 0) is 18.6 Å². The number of fused-ring (bicyclic) bond motifs is 1. The van der Waals surface area contributed by atoms with Crippen molar-refractivity contribution in [1.82, 2.24) is 15.1 Å². The molecule has 0 radical (unpaired) electrons. The molecule has 3 amide bonds. The van der Waals surface area contributed by atoms with Crippen LogP contribution in [0.5, 0.6) is 5.75 Å². The quantitative estimate of drug-likeness (QED) is 0.557. The second-order valence-corrected chi connectivity index (χ2v) is 5.59. The smallest absolute Gasteiger partial charge is 0.404 e. The number of hydrogen-bond acceptors (Lipinski definition) is 7. The Bertz CT molecular complexity index is 938. The fourth-order valence-electron chi connectivity index (χ4n) is 2.72. The lowest BCUT2D eigenvalue weighted by Crippen LogP contribution is -2.45. The summed E-state index contributed by atoms with van der Waals surface area (Å²) >= 11 is 0. The number of nitrogens with one attached hydrogen (secondary N) is 1. The molecule has 136 valence electrons. The van der Waals surface area contributed by atoms with Gasteiger partial charge in [-0.15, -0.1) is 0 Å². The highest BCUT2D eigenvalue weighted by molar-refractivity contribution is 5.99. The van der Waals surface area contributed by atoms with E-state index < -0.39 is 23.6 Å². The number of aromatic nitrogens is 2. The van der Waals surface area contributed by atoms with Crippen LogP contribution < -0.4 is 21.3 Å². The predicted octanol–water partition coefficient (Wildman–Crippen LogP) is -0.152. The predicted molar refractivity (Wildman–Crippen MR) is 88.5 cm³/mol. The monoisotopic (exact) mass is 360 g/mol. The van der Waals surface area contributed by atoms with Gasteiger partial charge >= 0.3 is 6.09 Å². The number of primary amides is 1. The Labute approximate surface area is 146 Å². The molecule has 1 aliphatic heterocycles. The summed E-state index contributed by atoms with van der Waals surface area (Å²) in [7, 11) is 0. The molecule has 0 bridgehead atoms. The highest BCUT2D eigenvalue weighted by Crippen LogP contribution is 2.24. The molecule has 0 saturated carbocycles. The highest BCUT2D eigenvalue weighted by atomic mass is 16.6. The number of carbonyl (C=O) groups is 3. The number of nitrogens with two attached hydrogens (primary N) is 1. The largest absolute Gasteiger partial charge is 0.489 e. The van der Waals surface area contributed by atoms with Crippen molar-refractivity contribution in [1.29, 1.82) is 0 Å². The lowest BCUT2D eigenvalue weighted by Gasteiger charge is -2.22. The van der Waals surface area contributed by atoms with Crippen LogP contribution in [0.25, 0.3) is 10.8 Å². The van der Waals surface area contributed by atoms with E-state index in [-0.39, 0.29) is 32.0 Å². The first kappa shape index (κ1) is 17.4. The summed E-state index contributed by atoms with van der Waals surface area (Å²) in [5, 5.41) is 7.05. The molecule has 1 aromatic carbocycles. The van der Waals surface area contributed by atoms with E-state index in [0.29, 0.717) is 16.5 Å². The van der Waals surface area contributed by atoms with Gasteiger partial charge in [-0.3, -0.25) is 19.7 Å². The van der Waals surface area contributed by atoms with Crippen molar-refractivity contribution < 1.29 is 23.9 Å². The number of carbonyl (C=O) groups excluding carboxylic acids is 3. The first-order valence-corrected chi connectivity index (χ1v) is 7.86. The van der Waals surface area contributed by atoms with E-state index in [1.807, 2.05) is 0 Å². The fraction of sp³-hybridized carbons (Fsp3) is 0.312. The van der Waals surface area contributed by atoms with Gasteiger partial charge in [0.2, 0.25) is 5.91 Å². The van der Waals surface area contributed by atoms with E-state index in [1.165, 1.54) is 6.20 Å². The summed E-state index contributed by atoms with van der Waals surface area (Å²) < 4.78 is 11.2. The Morgan fingerprint density at radius 3 is 2.81 bits per heavy atom. The molecule has 3 N–H and O–H groups in total. The Kier molecular flexibility index (Phi) is 4.83. The van der Waals surface area contributed by atoms with Gasteiger partial charge in [-0.1, -0.05) is 6.07 Å². The Hall–Kier alpha value is -3.43. The maximum atomic E-state index is 12.7. The van der Waals surface area contributed by atoms with E-state index in [0.717, 1.165) is 4.68 Å². The lowest BCUT2D eigenvalue weighted by molar-refractivity contribution is -0.136. The third-order valence-corrected chi connectivity index (χ3v) is 3.91. The Balaban J connectivity index is 1.88. The molecule has 1 saturated heterocycles. The van der Waals surface area contributed by atoms with Crippen LogP contribution in [0.4, 0.5) is 4.79 Å². The molecule has 0 aliphatic carbocycles. The number of hydrogen-bond donors (Lipinski definition) is 2. The zero-order chi connectivity index (χ0) is 18.7. The second-order valence-electron chi connectivity index (χ2n) is 5.59. The van der Waals surface area contributed by atoms with Crippen LogP contribution in [0, 0.1) is 0 Å². The summed E-state index contributed by atoms with van der Waals surface area (Å²) in [5.74, 6) is -0.532. The zero-order valence-electron chi connectivity index (χ0n) is 13.6. The molecule has 1 unspecified atom stereocenters. The highest BCUT2D eigenvalue weighted by Gasteiger charge is 2.30. The van der Waals surface area contributed by atoms with Crippen molar-refractivity contribution in [3.05, 3.63) is 34.7 Å². The molecule has 1 atom stereocenters. The van der Waals surface area contributed by atoms with Gasteiger partial charge in [0, 0.05) is 11.8 Å². The van der Waals surface area contributed by atoms with Crippen LogP contribution in [-0.2, 0) is 14.3 Å². The van der Waals surface area contributed by atoms with E-state index in [1.54, 1.807) is 18.2 Å². The minimum absolute atomic E-state index is 0.0352. The summed E-state index contributed by atoms with van der Waals surface area (Å²) in [5.41, 5.74) is 4.40. The Morgan fingerprint density at radius 2 is 2.08 bits per heavy atom. The minimum atomic E-state index is -0.902. The minimum Gasteiger partial charge on any atom is -0.489 e. The molecule has 10 heteroatoms. The lowest BCUT2D eigenvalue weighted by atomic mass is 10.1. The average Bonchev–Trinajstić information content (AvgIpc) is 2.60. The van der Waals surface area contributed by atoms with E-state index in [2.05, 4.69) is 15.2 Å². The van der Waals surface area contributed by atoms with Crippen LogP contribution in [0.1, 0.15) is 18.9 Å². The van der Waals surface area contributed by atoms with Crippen molar-refractivity contribution in [2.24, 2.45) is 5.73 Å². The van der Waals surface area contributed by atoms with Crippen LogP contribution in [0.3, 0.4) is 0 Å². The molecule has 10 nitrogen and oxygen atoms in total. The molecule has 2 aromatic rings. The number of piperidine rings is 1. The fourth-order valence-corrected chi connectivity index (χ4v) is 2.72. The maximum absolute atomic E-state index is 12.7. The van der Waals surface area contributed by atoms with Crippen molar-refractivity contribution in [3.8, 4) is 5.75 Å². The second kappa shape index (κ2) is 7.21. The first-order valence-electron chi connectivity index (χ1n) is 7.86. The summed E-state index contributed by atoms with van der Waals surface area (Å²) in [4.78, 5) is 46.5. The number of rotatable bonds is 5. The van der Waals surface area contributed by atoms with Crippen molar-refractivity contribution in [3.63, 3.8) is 0 Å². The third-order valence-electron chi connectivity index (χ3n) is 3.91. The van der Waals surface area contributed by atoms with E-state index in [4.69, 9.17) is 10.5 Å². The standard InChI is InChI=1S/C16H16N4O6/c17-16(24)26-7-6-25-12-3-1-2-9-10(12)8-18-20(15(9)23)11-4-5-13(21)19-14(11)22/h1-3,8,11H,4-7H2,(H2,17,24)(H,19,21,22). The molecule has 1 aliphatic rings. The number of benzene rings is 1. The summed E-state index contributed by atoms with van der Waals surface area (Å²) in [6.07, 6.45) is 0.875. The number of ether oxygens (including phenoxy) is 2. The van der Waals surface area contributed by atoms with Gasteiger partial charge < -0.3 is 15.2 Å². The molecule has 26 heavy (non-hydrogen) atoms. The van der Waals surface area contributed by atoms with Gasteiger partial charge in [0.25, 0.3) is 11.5 Å². The van der Waals surface area contributed by atoms with Crippen LogP contribution in [0.15, 0.2) is 29.2 Å². The number of nitrogens with zero attached hydrogens (tertiary/aromatic N) is 2. The van der Waals surface area contributed by atoms with E-state index >= 15 is 0 Å². The van der Waals surface area contributed by atoms with Crippen molar-refractivity contribution >= 4 is 28.7 Å². The Morgan fingerprint density at radius 1 is 1.27 bits per heavy atom. The normalized spacial score (nSPS) is 17.0. The maximum Gasteiger partial charge on any atom is 0.404 e. The summed E-state index contributed by atoms with van der Waals surface area (Å²) in [6.45, 7) is 0.0186. The average molecular weight is 360 g/mol. The molecular weight excluding hydrogens is 344 g/mol. The van der Waals surface area contributed by atoms with Gasteiger partial charge in [-0.25, -0.2) is 9.48 Å². The van der Waals surface area contributed by atoms with Crippen molar-refractivity contribution in [2.45, 2.75) is 18.9 Å². The van der Waals surface area contributed by atoms with Gasteiger partial charge in [-0.2, -0.15) is 5.10 Å². The molecule has 0 spiro atoms. The number of amides is 3. The van der Waals surface area contributed by atoms with Crippen LogP contribution in [-0.4, -0.2) is 40.9 Å². The van der Waals surface area contributed by atoms with E-state index in [9.17, 15) is 19.2 Å².